The zero-order valence-corrected chi connectivity index (χ0v) is 14.7. The molecule has 0 spiro atoms. The van der Waals surface area contributed by atoms with Crippen LogP contribution in [0.4, 0.5) is 28.0 Å². The Bertz CT molecular complexity index is 1070. The number of nitriles is 1. The van der Waals surface area contributed by atoms with Gasteiger partial charge in [0.15, 0.2) is 0 Å². The number of aromatic nitrogens is 2. The van der Waals surface area contributed by atoms with Crippen molar-refractivity contribution < 1.29 is 22.4 Å². The van der Waals surface area contributed by atoms with Crippen LogP contribution in [0.15, 0.2) is 54.7 Å². The second kappa shape index (κ2) is 8.02. The minimum Gasteiger partial charge on any atom is -0.332 e. The van der Waals surface area contributed by atoms with Crippen LogP contribution in [0, 0.1) is 17.1 Å². The topological polar surface area (TPSA) is 82.7 Å². The third-order valence-corrected chi connectivity index (χ3v) is 3.87. The molecule has 1 heterocycles. The first-order chi connectivity index (χ1) is 13.8. The summed E-state index contributed by atoms with van der Waals surface area (Å²) in [6.45, 7) is 0.0163. The zero-order chi connectivity index (χ0) is 21.0. The first-order valence-electron chi connectivity index (χ1n) is 8.23. The van der Waals surface area contributed by atoms with Crippen molar-refractivity contribution in [3.8, 4) is 11.8 Å². The highest BCUT2D eigenvalue weighted by atomic mass is 19.4. The van der Waals surface area contributed by atoms with Crippen LogP contribution in [0.3, 0.4) is 0 Å². The minimum absolute atomic E-state index is 0.0163. The number of nitrogens with zero attached hydrogens (tertiary/aromatic N) is 3. The molecule has 2 aromatic carbocycles. The Morgan fingerprint density at radius 2 is 1.86 bits per heavy atom. The van der Waals surface area contributed by atoms with Crippen LogP contribution in [0.25, 0.3) is 5.69 Å². The van der Waals surface area contributed by atoms with Gasteiger partial charge in [0.1, 0.15) is 5.82 Å². The summed E-state index contributed by atoms with van der Waals surface area (Å²) in [6.07, 6.45) is -3.23. The molecule has 0 aliphatic rings. The molecule has 29 heavy (non-hydrogen) atoms. The summed E-state index contributed by atoms with van der Waals surface area (Å²) in [5, 5.41) is 18.0. The fraction of sp³-hybridized carbons (Fsp3) is 0.105. The van der Waals surface area contributed by atoms with Gasteiger partial charge in [-0.1, -0.05) is 0 Å². The predicted molar refractivity (Wildman–Crippen MR) is 95.5 cm³/mol. The van der Waals surface area contributed by atoms with E-state index in [0.717, 1.165) is 12.1 Å². The minimum atomic E-state index is -4.67. The Labute approximate surface area is 162 Å². The second-order valence-corrected chi connectivity index (χ2v) is 5.91. The maximum Gasteiger partial charge on any atom is 0.417 e. The lowest BCUT2D eigenvalue weighted by molar-refractivity contribution is -0.137. The van der Waals surface area contributed by atoms with E-state index in [9.17, 15) is 22.4 Å². The molecular weight excluding hydrogens is 390 g/mol. The van der Waals surface area contributed by atoms with Gasteiger partial charge in [0.25, 0.3) is 0 Å². The standard InChI is InChI=1S/C19H13F4N5O/c20-13-2-4-14(5-3-13)26-18(29)25-11-15-7-8-28(27-15)16-6-1-12(10-24)17(9-16)19(21,22)23/h1-9H,11H2,(H2,25,26,29). The second-order valence-electron chi connectivity index (χ2n) is 5.91. The quantitative estimate of drug-likeness (QED) is 0.640. The lowest BCUT2D eigenvalue weighted by Crippen LogP contribution is -2.28. The van der Waals surface area contributed by atoms with Crippen molar-refractivity contribution >= 4 is 11.7 Å². The Hall–Kier alpha value is -3.87. The van der Waals surface area contributed by atoms with Crippen LogP contribution < -0.4 is 10.6 Å². The molecule has 2 amide bonds. The highest BCUT2D eigenvalue weighted by Gasteiger charge is 2.34. The normalized spacial score (nSPS) is 11.0. The van der Waals surface area contributed by atoms with E-state index in [1.54, 1.807) is 0 Å². The Kier molecular flexibility index (Phi) is 5.50. The average molecular weight is 403 g/mol. The van der Waals surface area contributed by atoms with E-state index >= 15 is 0 Å². The van der Waals surface area contributed by atoms with Crippen LogP contribution in [-0.4, -0.2) is 15.8 Å². The Balaban J connectivity index is 1.67. The SMILES string of the molecule is N#Cc1ccc(-n2ccc(CNC(=O)Nc3ccc(F)cc3)n2)cc1C(F)(F)F. The molecule has 10 heteroatoms. The number of nitrogens with one attached hydrogen (secondary N) is 2. The fourth-order valence-corrected chi connectivity index (χ4v) is 2.49. The van der Waals surface area contributed by atoms with E-state index in [0.29, 0.717) is 11.4 Å². The Morgan fingerprint density at radius 1 is 1.14 bits per heavy atom. The predicted octanol–water partition coefficient (Wildman–Crippen LogP) is 4.22. The molecule has 6 nitrogen and oxygen atoms in total. The summed E-state index contributed by atoms with van der Waals surface area (Å²) in [4.78, 5) is 11.9. The van der Waals surface area contributed by atoms with Crippen molar-refractivity contribution in [1.82, 2.24) is 15.1 Å². The monoisotopic (exact) mass is 403 g/mol. The van der Waals surface area contributed by atoms with Gasteiger partial charge in [0.2, 0.25) is 0 Å². The molecule has 0 bridgehead atoms. The van der Waals surface area contributed by atoms with Gasteiger partial charge in [-0.15, -0.1) is 0 Å². The molecule has 0 fully saturated rings. The maximum atomic E-state index is 13.1. The van der Waals surface area contributed by atoms with Crippen molar-refractivity contribution in [2.75, 3.05) is 5.32 Å². The lowest BCUT2D eigenvalue weighted by Gasteiger charge is -2.11. The van der Waals surface area contributed by atoms with Crippen LogP contribution in [0.5, 0.6) is 0 Å². The highest BCUT2D eigenvalue weighted by Crippen LogP contribution is 2.33. The molecule has 3 aromatic rings. The van der Waals surface area contributed by atoms with Crippen molar-refractivity contribution in [2.24, 2.45) is 0 Å². The molecule has 0 aliphatic carbocycles. The maximum absolute atomic E-state index is 13.1. The molecule has 0 atom stereocenters. The van der Waals surface area contributed by atoms with E-state index < -0.39 is 29.2 Å². The van der Waals surface area contributed by atoms with E-state index in [1.165, 1.54) is 53.3 Å². The highest BCUT2D eigenvalue weighted by molar-refractivity contribution is 5.89. The molecule has 0 unspecified atom stereocenters. The number of halogens is 4. The number of anilines is 1. The number of carbonyl (C=O) groups is 1. The molecule has 1 aromatic heterocycles. The summed E-state index contributed by atoms with van der Waals surface area (Å²) >= 11 is 0. The van der Waals surface area contributed by atoms with Gasteiger partial charge in [-0.25, -0.2) is 13.9 Å². The summed E-state index contributed by atoms with van der Waals surface area (Å²) < 4.78 is 53.3. The van der Waals surface area contributed by atoms with Crippen LogP contribution in [0.1, 0.15) is 16.8 Å². The Morgan fingerprint density at radius 3 is 2.52 bits per heavy atom. The smallest absolute Gasteiger partial charge is 0.332 e. The lowest BCUT2D eigenvalue weighted by atomic mass is 10.1. The van der Waals surface area contributed by atoms with Gasteiger partial charge < -0.3 is 10.6 Å². The summed E-state index contributed by atoms with van der Waals surface area (Å²) in [6, 6.07) is 10.9. The van der Waals surface area contributed by atoms with Crippen LogP contribution in [0.2, 0.25) is 0 Å². The van der Waals surface area contributed by atoms with Crippen molar-refractivity contribution in [3.63, 3.8) is 0 Å². The van der Waals surface area contributed by atoms with E-state index in [1.807, 2.05) is 0 Å². The van der Waals surface area contributed by atoms with Crippen molar-refractivity contribution in [2.45, 2.75) is 12.7 Å². The van der Waals surface area contributed by atoms with Crippen molar-refractivity contribution in [1.29, 1.82) is 5.26 Å². The fourth-order valence-electron chi connectivity index (χ4n) is 2.49. The number of hydrogen-bond acceptors (Lipinski definition) is 3. The van der Waals surface area contributed by atoms with E-state index in [2.05, 4.69) is 15.7 Å². The molecule has 2 N–H and O–H groups in total. The number of amides is 2. The third kappa shape index (κ3) is 4.90. The average Bonchev–Trinajstić information content (AvgIpc) is 3.16. The van der Waals surface area contributed by atoms with Gasteiger partial charge in [-0.2, -0.15) is 23.5 Å². The number of carbonyl (C=O) groups excluding carboxylic acids is 1. The molecular formula is C19H13F4N5O. The van der Waals surface area contributed by atoms with Gasteiger partial charge in [-0.3, -0.25) is 0 Å². The van der Waals surface area contributed by atoms with Gasteiger partial charge in [-0.05, 0) is 48.5 Å². The van der Waals surface area contributed by atoms with Gasteiger partial charge in [0.05, 0.1) is 35.1 Å². The van der Waals surface area contributed by atoms with Gasteiger partial charge >= 0.3 is 12.2 Å². The number of hydrogen-bond donors (Lipinski definition) is 2. The molecule has 3 rings (SSSR count). The van der Waals surface area contributed by atoms with Crippen LogP contribution >= 0.6 is 0 Å². The number of benzene rings is 2. The number of urea groups is 1. The van der Waals surface area contributed by atoms with Gasteiger partial charge in [0, 0.05) is 11.9 Å². The number of rotatable bonds is 4. The molecule has 0 aliphatic heterocycles. The first-order valence-corrected chi connectivity index (χ1v) is 8.23. The summed E-state index contributed by atoms with van der Waals surface area (Å²) in [5.74, 6) is -0.432. The van der Waals surface area contributed by atoms with E-state index in [4.69, 9.17) is 5.26 Å². The summed E-state index contributed by atoms with van der Waals surface area (Å²) in [5.41, 5.74) is -0.610. The molecule has 0 saturated heterocycles. The van der Waals surface area contributed by atoms with Crippen LogP contribution in [-0.2, 0) is 12.7 Å². The molecule has 148 valence electrons. The molecule has 0 radical (unpaired) electrons. The van der Waals surface area contributed by atoms with Crippen molar-refractivity contribution in [3.05, 3.63) is 77.4 Å². The number of alkyl halides is 3. The largest absolute Gasteiger partial charge is 0.417 e. The molecule has 0 saturated carbocycles. The summed E-state index contributed by atoms with van der Waals surface area (Å²) in [7, 11) is 0. The first kappa shape index (κ1) is 19.9. The zero-order valence-electron chi connectivity index (χ0n) is 14.7. The van der Waals surface area contributed by atoms with E-state index in [-0.39, 0.29) is 12.2 Å². The third-order valence-electron chi connectivity index (χ3n) is 3.87.